The van der Waals surface area contributed by atoms with Gasteiger partial charge < -0.3 is 19.8 Å². The van der Waals surface area contributed by atoms with Crippen molar-refractivity contribution >= 4 is 12.0 Å². The van der Waals surface area contributed by atoms with Gasteiger partial charge in [-0.3, -0.25) is 9.69 Å². The van der Waals surface area contributed by atoms with Gasteiger partial charge in [-0.2, -0.15) is 13.2 Å². The number of halogens is 3. The topological polar surface area (TPSA) is 73.2 Å². The van der Waals surface area contributed by atoms with E-state index >= 15 is 0 Å². The van der Waals surface area contributed by atoms with E-state index in [0.717, 1.165) is 42.8 Å². The van der Waals surface area contributed by atoms with E-state index in [9.17, 15) is 28.2 Å². The molecule has 2 N–H and O–H groups in total. The highest BCUT2D eigenvalue weighted by Crippen LogP contribution is 2.65. The number of aliphatic hydroxyl groups is 1. The molecule has 5 atom stereocenters. The molecule has 44 heavy (non-hydrogen) atoms. The Morgan fingerprint density at radius 3 is 2.70 bits per heavy atom. The predicted molar refractivity (Wildman–Crippen MR) is 159 cm³/mol. The van der Waals surface area contributed by atoms with Gasteiger partial charge in [0.2, 0.25) is 5.91 Å². The van der Waals surface area contributed by atoms with Crippen LogP contribution in [-0.2, 0) is 29.2 Å². The quantitative estimate of drug-likeness (QED) is 0.372. The number of likely N-dealkylation sites (N-methyl/N-ethyl adjacent to an activating group) is 1. The zero-order valence-corrected chi connectivity index (χ0v) is 24.4. The van der Waals surface area contributed by atoms with Crippen molar-refractivity contribution in [2.75, 3.05) is 20.1 Å². The van der Waals surface area contributed by atoms with Crippen LogP contribution in [-0.4, -0.2) is 69.8 Å². The summed E-state index contributed by atoms with van der Waals surface area (Å²) in [5.41, 5.74) is 0.812. The van der Waals surface area contributed by atoms with Crippen molar-refractivity contribution in [2.24, 2.45) is 0 Å². The second kappa shape index (κ2) is 10.4. The number of hydrogen-bond donors (Lipinski definition) is 2. The minimum absolute atomic E-state index is 0.0600. The van der Waals surface area contributed by atoms with Crippen molar-refractivity contribution in [3.05, 3.63) is 101 Å². The molecule has 6 nitrogen and oxygen atoms in total. The lowest BCUT2D eigenvalue weighted by Gasteiger charge is -2.64. The standard InChI is InChI=1S/C35H35F3N2O4/c1-39(30(42)13-10-23-8-5-9-25(18-23)35(36,37)38)26-20-29-33-15-17-40(16-14-22-6-3-2-4-7-22)28(34(33,43)21-26)19-24-11-12-27(41)32(44-29)31(24)33/h2-13,18,26,28-29,41,43H,14-17,19-21H2,1H3/b13-10+/t26?,28-,29?,33-,34-/m1/s1. The molecule has 1 saturated carbocycles. The Balaban J connectivity index is 1.18. The number of phenols is 1. The number of carbonyl (C=O) groups excluding carboxylic acids is 1. The van der Waals surface area contributed by atoms with Gasteiger partial charge in [0.1, 0.15) is 6.10 Å². The van der Waals surface area contributed by atoms with Crippen molar-refractivity contribution in [1.29, 1.82) is 0 Å². The number of amides is 1. The third-order valence-corrected chi connectivity index (χ3v) is 10.5. The van der Waals surface area contributed by atoms with Gasteiger partial charge in [0.05, 0.1) is 16.6 Å². The van der Waals surface area contributed by atoms with Crippen LogP contribution in [0.15, 0.2) is 72.8 Å². The summed E-state index contributed by atoms with van der Waals surface area (Å²) in [6, 6.07) is 18.1. The fraction of sp³-hybridized carbons (Fsp3) is 0.400. The number of hydrogen-bond acceptors (Lipinski definition) is 5. The summed E-state index contributed by atoms with van der Waals surface area (Å²) < 4.78 is 46.0. The van der Waals surface area contributed by atoms with Gasteiger partial charge in [0.15, 0.2) is 11.5 Å². The Morgan fingerprint density at radius 1 is 1.14 bits per heavy atom. The third-order valence-electron chi connectivity index (χ3n) is 10.5. The molecule has 2 unspecified atom stereocenters. The molecule has 3 aromatic carbocycles. The van der Waals surface area contributed by atoms with E-state index in [1.807, 2.05) is 24.3 Å². The lowest BCUT2D eigenvalue weighted by Crippen LogP contribution is -2.77. The molecule has 2 aliphatic carbocycles. The predicted octanol–water partition coefficient (Wildman–Crippen LogP) is 5.35. The first kappa shape index (κ1) is 28.9. The van der Waals surface area contributed by atoms with Crippen molar-refractivity contribution in [3.8, 4) is 11.5 Å². The van der Waals surface area contributed by atoms with E-state index in [-0.39, 0.29) is 29.3 Å². The Bertz CT molecular complexity index is 1630. The van der Waals surface area contributed by atoms with E-state index in [1.165, 1.54) is 29.8 Å². The highest BCUT2D eigenvalue weighted by Gasteiger charge is 2.72. The van der Waals surface area contributed by atoms with Gasteiger partial charge in [-0.1, -0.05) is 48.5 Å². The first-order chi connectivity index (χ1) is 21.0. The Kier molecular flexibility index (Phi) is 6.82. The lowest BCUT2D eigenvalue weighted by atomic mass is 9.48. The Morgan fingerprint density at radius 2 is 1.93 bits per heavy atom. The van der Waals surface area contributed by atoms with Crippen molar-refractivity contribution in [1.82, 2.24) is 9.80 Å². The first-order valence-corrected chi connectivity index (χ1v) is 15.2. The Hall–Kier alpha value is -3.82. The van der Waals surface area contributed by atoms with Crippen molar-refractivity contribution in [2.45, 2.75) is 67.5 Å². The number of aromatic hydroxyl groups is 1. The normalized spacial score (nSPS) is 28.9. The molecule has 2 bridgehead atoms. The number of alkyl halides is 3. The summed E-state index contributed by atoms with van der Waals surface area (Å²) in [5.74, 6) is 0.138. The molecular formula is C35H35F3N2O4. The van der Waals surface area contributed by atoms with Gasteiger partial charge in [0.25, 0.3) is 0 Å². The number of nitrogens with zero attached hydrogens (tertiary/aromatic N) is 2. The van der Waals surface area contributed by atoms with E-state index in [4.69, 9.17) is 4.74 Å². The van der Waals surface area contributed by atoms with Gasteiger partial charge in [-0.25, -0.2) is 0 Å². The largest absolute Gasteiger partial charge is 0.504 e. The lowest BCUT2D eigenvalue weighted by molar-refractivity contribution is -0.197. The number of carbonyl (C=O) groups is 1. The minimum atomic E-state index is -4.47. The van der Waals surface area contributed by atoms with Crippen LogP contribution in [0.2, 0.25) is 0 Å². The van der Waals surface area contributed by atoms with E-state index in [1.54, 1.807) is 18.0 Å². The average molecular weight is 605 g/mol. The molecule has 1 spiro atoms. The summed E-state index contributed by atoms with van der Waals surface area (Å²) >= 11 is 0. The van der Waals surface area contributed by atoms with Crippen LogP contribution >= 0.6 is 0 Å². The molecule has 0 radical (unpaired) electrons. The van der Waals surface area contributed by atoms with Crippen LogP contribution in [0.5, 0.6) is 11.5 Å². The van der Waals surface area contributed by atoms with Gasteiger partial charge >= 0.3 is 6.18 Å². The first-order valence-electron chi connectivity index (χ1n) is 15.2. The molecule has 230 valence electrons. The molecule has 0 aromatic heterocycles. The summed E-state index contributed by atoms with van der Waals surface area (Å²) in [6.45, 7) is 1.56. The number of ether oxygens (including phenoxy) is 1. The van der Waals surface area contributed by atoms with Gasteiger partial charge in [0, 0.05) is 43.7 Å². The fourth-order valence-electron chi connectivity index (χ4n) is 8.39. The van der Waals surface area contributed by atoms with Crippen molar-refractivity contribution in [3.63, 3.8) is 0 Å². The molecule has 7 rings (SSSR count). The SMILES string of the molecule is CN(C(=O)/C=C/c1cccc(C(F)(F)F)c1)C1CC2Oc3c(O)ccc4c3[C@@]23CCN(CCc2ccccc2)[C@H](C4)[C@]3(O)C1. The van der Waals surface area contributed by atoms with E-state index in [0.29, 0.717) is 31.4 Å². The third kappa shape index (κ3) is 4.43. The summed E-state index contributed by atoms with van der Waals surface area (Å²) in [6.07, 6.45) is 0.671. The van der Waals surface area contributed by atoms with Crippen LogP contribution in [0.1, 0.15) is 47.1 Å². The Labute approximate surface area is 254 Å². The molecule has 2 heterocycles. The molecule has 2 aliphatic heterocycles. The highest BCUT2D eigenvalue weighted by molar-refractivity contribution is 5.92. The smallest absolute Gasteiger partial charge is 0.416 e. The van der Waals surface area contributed by atoms with E-state index in [2.05, 4.69) is 17.0 Å². The van der Waals surface area contributed by atoms with Crippen molar-refractivity contribution < 1.29 is 32.9 Å². The van der Waals surface area contributed by atoms with Crippen LogP contribution in [0.4, 0.5) is 13.2 Å². The maximum Gasteiger partial charge on any atom is 0.416 e. The van der Waals surface area contributed by atoms with Crippen LogP contribution in [0, 0.1) is 0 Å². The fourth-order valence-corrected chi connectivity index (χ4v) is 8.39. The second-order valence-corrected chi connectivity index (χ2v) is 12.7. The highest BCUT2D eigenvalue weighted by atomic mass is 19.4. The van der Waals surface area contributed by atoms with Gasteiger partial charge in [-0.15, -0.1) is 0 Å². The number of piperidine rings is 1. The number of phenolic OH excluding ortho intramolecular Hbond substituents is 1. The zero-order valence-electron chi connectivity index (χ0n) is 24.4. The summed E-state index contributed by atoms with van der Waals surface area (Å²) in [7, 11) is 1.67. The molecule has 2 fully saturated rings. The van der Waals surface area contributed by atoms with Crippen LogP contribution in [0.25, 0.3) is 6.08 Å². The second-order valence-electron chi connectivity index (χ2n) is 12.7. The molecule has 1 saturated heterocycles. The molecule has 1 amide bonds. The van der Waals surface area contributed by atoms with Crippen LogP contribution in [0.3, 0.4) is 0 Å². The monoisotopic (exact) mass is 604 g/mol. The zero-order chi connectivity index (χ0) is 30.9. The summed E-state index contributed by atoms with van der Waals surface area (Å²) in [4.78, 5) is 17.3. The maximum absolute atomic E-state index is 13.4. The number of likely N-dealkylation sites (tertiary alicyclic amines) is 1. The molecule has 3 aromatic rings. The molecule has 9 heteroatoms. The van der Waals surface area contributed by atoms with Crippen LogP contribution < -0.4 is 4.74 Å². The maximum atomic E-state index is 13.4. The minimum Gasteiger partial charge on any atom is -0.504 e. The average Bonchev–Trinajstić information content (AvgIpc) is 3.35. The summed E-state index contributed by atoms with van der Waals surface area (Å²) in [5, 5.41) is 23.7. The van der Waals surface area contributed by atoms with Gasteiger partial charge in [-0.05, 0) is 73.2 Å². The molecular weight excluding hydrogens is 569 g/mol. The van der Waals surface area contributed by atoms with E-state index < -0.39 is 28.9 Å². The molecule has 4 aliphatic rings. The number of benzene rings is 3. The number of rotatable bonds is 6.